The molecule has 0 spiro atoms. The second kappa shape index (κ2) is 3.42. The van der Waals surface area contributed by atoms with E-state index in [0.29, 0.717) is 18.1 Å². The van der Waals surface area contributed by atoms with E-state index in [1.54, 1.807) is 6.20 Å². The Balaban J connectivity index is 2.14. The van der Waals surface area contributed by atoms with Crippen molar-refractivity contribution in [2.75, 3.05) is 24.3 Å². The van der Waals surface area contributed by atoms with Gasteiger partial charge in [-0.25, -0.2) is 9.97 Å². The average molecular weight is 194 g/mol. The number of nitrogen functional groups attached to an aromatic ring is 1. The van der Waals surface area contributed by atoms with Crippen molar-refractivity contribution in [2.45, 2.75) is 18.9 Å². The first-order valence-corrected chi connectivity index (χ1v) is 4.61. The second-order valence-electron chi connectivity index (χ2n) is 3.81. The molecule has 2 heterocycles. The molecule has 1 unspecified atom stereocenters. The second-order valence-corrected chi connectivity index (χ2v) is 3.81. The van der Waals surface area contributed by atoms with Gasteiger partial charge < -0.3 is 15.8 Å². The van der Waals surface area contributed by atoms with Gasteiger partial charge in [0, 0.05) is 6.61 Å². The molecular weight excluding hydrogens is 180 g/mol. The van der Waals surface area contributed by atoms with E-state index in [-0.39, 0.29) is 5.54 Å². The summed E-state index contributed by atoms with van der Waals surface area (Å²) in [7, 11) is 0. The van der Waals surface area contributed by atoms with Gasteiger partial charge in [0.25, 0.3) is 0 Å². The third-order valence-electron chi connectivity index (χ3n) is 2.38. The Kier molecular flexibility index (Phi) is 2.25. The average Bonchev–Trinajstić information content (AvgIpc) is 2.57. The van der Waals surface area contributed by atoms with Gasteiger partial charge in [-0.3, -0.25) is 0 Å². The summed E-state index contributed by atoms with van der Waals surface area (Å²) < 4.78 is 5.33. The standard InChI is InChI=1S/C9H14N4O/c1-9(2-3-14-5-9)13-8-7(10)4-11-6-12-8/h4,6H,2-3,5,10H2,1H3,(H,11,12,13). The number of ether oxygens (including phenoxy) is 1. The molecule has 0 bridgehead atoms. The fraction of sp³-hybridized carbons (Fsp3) is 0.556. The molecule has 76 valence electrons. The van der Waals surface area contributed by atoms with Crippen molar-refractivity contribution < 1.29 is 4.74 Å². The topological polar surface area (TPSA) is 73.1 Å². The van der Waals surface area contributed by atoms with Crippen molar-refractivity contribution in [3.8, 4) is 0 Å². The van der Waals surface area contributed by atoms with Crippen LogP contribution in [-0.4, -0.2) is 28.7 Å². The van der Waals surface area contributed by atoms with Gasteiger partial charge in [-0.1, -0.05) is 0 Å². The Hall–Kier alpha value is -1.36. The van der Waals surface area contributed by atoms with Crippen LogP contribution < -0.4 is 11.1 Å². The highest BCUT2D eigenvalue weighted by molar-refractivity contribution is 5.60. The molecule has 3 N–H and O–H groups in total. The van der Waals surface area contributed by atoms with Crippen molar-refractivity contribution in [2.24, 2.45) is 0 Å². The van der Waals surface area contributed by atoms with E-state index in [1.807, 2.05) is 0 Å². The number of nitrogens with one attached hydrogen (secondary N) is 1. The van der Waals surface area contributed by atoms with Gasteiger partial charge >= 0.3 is 0 Å². The summed E-state index contributed by atoms with van der Waals surface area (Å²) in [6.07, 6.45) is 4.04. The molecule has 1 fully saturated rings. The van der Waals surface area contributed by atoms with Crippen LogP contribution in [0.25, 0.3) is 0 Å². The van der Waals surface area contributed by atoms with Gasteiger partial charge in [-0.05, 0) is 13.3 Å². The highest BCUT2D eigenvalue weighted by Gasteiger charge is 2.30. The Labute approximate surface area is 82.7 Å². The zero-order valence-electron chi connectivity index (χ0n) is 8.16. The number of nitrogens with zero attached hydrogens (tertiary/aromatic N) is 2. The molecule has 5 nitrogen and oxygen atoms in total. The maximum Gasteiger partial charge on any atom is 0.153 e. The largest absolute Gasteiger partial charge is 0.394 e. The van der Waals surface area contributed by atoms with Crippen LogP contribution in [0.15, 0.2) is 12.5 Å². The van der Waals surface area contributed by atoms with Gasteiger partial charge in [-0.15, -0.1) is 0 Å². The van der Waals surface area contributed by atoms with E-state index in [4.69, 9.17) is 10.5 Å². The van der Waals surface area contributed by atoms with Crippen LogP contribution in [0.1, 0.15) is 13.3 Å². The Bertz CT molecular complexity index is 322. The molecule has 1 aromatic heterocycles. The molecule has 14 heavy (non-hydrogen) atoms. The molecule has 1 aliphatic rings. The van der Waals surface area contributed by atoms with E-state index in [2.05, 4.69) is 22.2 Å². The third-order valence-corrected chi connectivity index (χ3v) is 2.38. The first-order chi connectivity index (χ1) is 6.70. The molecule has 0 radical (unpaired) electrons. The number of nitrogens with two attached hydrogens (primary N) is 1. The summed E-state index contributed by atoms with van der Waals surface area (Å²) in [6.45, 7) is 3.58. The van der Waals surface area contributed by atoms with Crippen molar-refractivity contribution in [1.82, 2.24) is 9.97 Å². The fourth-order valence-electron chi connectivity index (χ4n) is 1.50. The van der Waals surface area contributed by atoms with E-state index in [9.17, 15) is 0 Å². The van der Waals surface area contributed by atoms with Crippen LogP contribution in [0.3, 0.4) is 0 Å². The minimum absolute atomic E-state index is 0.0531. The normalized spacial score (nSPS) is 26.4. The van der Waals surface area contributed by atoms with Crippen LogP contribution in [-0.2, 0) is 4.74 Å². The predicted octanol–water partition coefficient (Wildman–Crippen LogP) is 0.650. The molecule has 1 saturated heterocycles. The maximum absolute atomic E-state index is 5.73. The van der Waals surface area contributed by atoms with Crippen LogP contribution in [0.5, 0.6) is 0 Å². The quantitative estimate of drug-likeness (QED) is 0.723. The molecule has 0 aliphatic carbocycles. The number of rotatable bonds is 2. The smallest absolute Gasteiger partial charge is 0.153 e. The van der Waals surface area contributed by atoms with Gasteiger partial charge in [0.15, 0.2) is 5.82 Å². The number of hydrogen-bond acceptors (Lipinski definition) is 5. The van der Waals surface area contributed by atoms with Crippen molar-refractivity contribution in [1.29, 1.82) is 0 Å². The maximum atomic E-state index is 5.73. The monoisotopic (exact) mass is 194 g/mol. The molecule has 0 aromatic carbocycles. The predicted molar refractivity (Wildman–Crippen MR) is 53.9 cm³/mol. The lowest BCUT2D eigenvalue weighted by molar-refractivity contribution is 0.185. The number of aromatic nitrogens is 2. The first kappa shape index (κ1) is 9.21. The molecule has 2 rings (SSSR count). The van der Waals surface area contributed by atoms with Crippen molar-refractivity contribution in [3.63, 3.8) is 0 Å². The molecule has 1 atom stereocenters. The molecule has 0 saturated carbocycles. The SMILES string of the molecule is CC1(Nc2ncncc2N)CCOC1. The van der Waals surface area contributed by atoms with Gasteiger partial charge in [-0.2, -0.15) is 0 Å². The molecular formula is C9H14N4O. The summed E-state index contributed by atoms with van der Waals surface area (Å²) in [5.74, 6) is 0.688. The van der Waals surface area contributed by atoms with E-state index in [0.717, 1.165) is 13.0 Å². The van der Waals surface area contributed by atoms with Crippen molar-refractivity contribution in [3.05, 3.63) is 12.5 Å². The molecule has 0 amide bonds. The van der Waals surface area contributed by atoms with E-state index < -0.39 is 0 Å². The fourth-order valence-corrected chi connectivity index (χ4v) is 1.50. The van der Waals surface area contributed by atoms with Crippen LogP contribution in [0, 0.1) is 0 Å². The summed E-state index contributed by atoms with van der Waals surface area (Å²) in [5.41, 5.74) is 6.25. The highest BCUT2D eigenvalue weighted by Crippen LogP contribution is 2.24. The van der Waals surface area contributed by atoms with Gasteiger partial charge in [0.1, 0.15) is 6.33 Å². The van der Waals surface area contributed by atoms with Gasteiger partial charge in [0.2, 0.25) is 0 Å². The molecule has 1 aliphatic heterocycles. The third kappa shape index (κ3) is 1.77. The summed E-state index contributed by atoms with van der Waals surface area (Å²) in [5, 5.41) is 3.28. The number of hydrogen-bond donors (Lipinski definition) is 2. The van der Waals surface area contributed by atoms with Crippen LogP contribution in [0.2, 0.25) is 0 Å². The molecule has 5 heteroatoms. The first-order valence-electron chi connectivity index (χ1n) is 4.61. The van der Waals surface area contributed by atoms with Crippen molar-refractivity contribution >= 4 is 11.5 Å². The zero-order chi connectivity index (χ0) is 10.0. The minimum atomic E-state index is -0.0531. The Morgan fingerprint density at radius 1 is 1.64 bits per heavy atom. The molecule has 1 aromatic rings. The van der Waals surface area contributed by atoms with Gasteiger partial charge in [0.05, 0.1) is 24.0 Å². The zero-order valence-corrected chi connectivity index (χ0v) is 8.16. The lowest BCUT2D eigenvalue weighted by atomic mass is 10.0. The van der Waals surface area contributed by atoms with Crippen LogP contribution in [0.4, 0.5) is 11.5 Å². The summed E-state index contributed by atoms with van der Waals surface area (Å²) in [6, 6.07) is 0. The highest BCUT2D eigenvalue weighted by atomic mass is 16.5. The summed E-state index contributed by atoms with van der Waals surface area (Å²) in [4.78, 5) is 7.92. The van der Waals surface area contributed by atoms with E-state index in [1.165, 1.54) is 6.33 Å². The lowest BCUT2D eigenvalue weighted by Crippen LogP contribution is -2.35. The lowest BCUT2D eigenvalue weighted by Gasteiger charge is -2.24. The Morgan fingerprint density at radius 3 is 3.14 bits per heavy atom. The Morgan fingerprint density at radius 2 is 2.50 bits per heavy atom. The summed E-state index contributed by atoms with van der Waals surface area (Å²) >= 11 is 0. The van der Waals surface area contributed by atoms with E-state index >= 15 is 0 Å². The minimum Gasteiger partial charge on any atom is -0.394 e. The van der Waals surface area contributed by atoms with Crippen LogP contribution >= 0.6 is 0 Å². The number of anilines is 2.